The van der Waals surface area contributed by atoms with Gasteiger partial charge in [0.2, 0.25) is 0 Å². The molecule has 0 saturated carbocycles. The maximum atomic E-state index is 12.5. The highest BCUT2D eigenvalue weighted by atomic mass is 16.5. The number of nitrogens with zero attached hydrogens (tertiary/aromatic N) is 3. The SMILES string of the molecule is COc1cc(C#N)ccc1OCC(=O)N1CCN2CCCC[C@H]2C1. The summed E-state index contributed by atoms with van der Waals surface area (Å²) < 4.78 is 10.9. The molecule has 6 heteroatoms. The molecule has 0 aromatic heterocycles. The van der Waals surface area contributed by atoms with Crippen molar-refractivity contribution in [1.29, 1.82) is 5.26 Å². The Hall–Kier alpha value is -2.26. The number of benzene rings is 1. The van der Waals surface area contributed by atoms with Crippen molar-refractivity contribution in [2.24, 2.45) is 0 Å². The minimum Gasteiger partial charge on any atom is -0.493 e. The number of methoxy groups -OCH3 is 1. The summed E-state index contributed by atoms with van der Waals surface area (Å²) in [5.41, 5.74) is 0.499. The fraction of sp³-hybridized carbons (Fsp3) is 0.556. The van der Waals surface area contributed by atoms with Gasteiger partial charge in [-0.3, -0.25) is 9.69 Å². The monoisotopic (exact) mass is 329 g/mol. The minimum absolute atomic E-state index is 0.00498. The number of nitriles is 1. The van der Waals surface area contributed by atoms with E-state index in [1.165, 1.54) is 26.4 Å². The maximum absolute atomic E-state index is 12.5. The lowest BCUT2D eigenvalue weighted by Crippen LogP contribution is -2.56. The first kappa shape index (κ1) is 16.6. The van der Waals surface area contributed by atoms with Crippen LogP contribution < -0.4 is 9.47 Å². The Balaban J connectivity index is 1.57. The number of amides is 1. The smallest absolute Gasteiger partial charge is 0.260 e. The van der Waals surface area contributed by atoms with E-state index in [1.807, 2.05) is 4.90 Å². The van der Waals surface area contributed by atoms with Gasteiger partial charge in [0.05, 0.1) is 18.7 Å². The Morgan fingerprint density at radius 3 is 2.96 bits per heavy atom. The van der Waals surface area contributed by atoms with Gasteiger partial charge in [0.1, 0.15) is 0 Å². The standard InChI is InChI=1S/C18H23N3O3/c1-23-17-10-14(11-19)5-6-16(17)24-13-18(22)21-9-8-20-7-3-2-4-15(20)12-21/h5-6,10,15H,2-4,7-9,12-13H2,1H3/t15-/m0/s1. The summed E-state index contributed by atoms with van der Waals surface area (Å²) in [7, 11) is 1.52. The molecule has 2 aliphatic heterocycles. The van der Waals surface area contributed by atoms with E-state index in [2.05, 4.69) is 11.0 Å². The van der Waals surface area contributed by atoms with Gasteiger partial charge < -0.3 is 14.4 Å². The van der Waals surface area contributed by atoms with Crippen molar-refractivity contribution in [2.45, 2.75) is 25.3 Å². The van der Waals surface area contributed by atoms with Crippen LogP contribution in [0.5, 0.6) is 11.5 Å². The number of carbonyl (C=O) groups is 1. The zero-order chi connectivity index (χ0) is 16.9. The molecule has 0 aliphatic carbocycles. The molecule has 0 spiro atoms. The molecule has 0 unspecified atom stereocenters. The molecule has 0 radical (unpaired) electrons. The quantitative estimate of drug-likeness (QED) is 0.840. The van der Waals surface area contributed by atoms with E-state index in [9.17, 15) is 4.79 Å². The van der Waals surface area contributed by atoms with Gasteiger partial charge >= 0.3 is 0 Å². The van der Waals surface area contributed by atoms with E-state index in [0.717, 1.165) is 26.2 Å². The number of ether oxygens (including phenoxy) is 2. The van der Waals surface area contributed by atoms with Crippen LogP contribution in [0.3, 0.4) is 0 Å². The third-order valence-electron chi connectivity index (χ3n) is 4.83. The molecule has 0 bridgehead atoms. The van der Waals surface area contributed by atoms with Crippen LogP contribution >= 0.6 is 0 Å². The van der Waals surface area contributed by atoms with Crippen LogP contribution in [-0.2, 0) is 4.79 Å². The number of piperazine rings is 1. The van der Waals surface area contributed by atoms with Gasteiger partial charge in [-0.25, -0.2) is 0 Å². The predicted octanol–water partition coefficient (Wildman–Crippen LogP) is 1.64. The zero-order valence-corrected chi connectivity index (χ0v) is 14.0. The summed E-state index contributed by atoms with van der Waals surface area (Å²) in [5.74, 6) is 0.965. The third kappa shape index (κ3) is 3.62. The largest absolute Gasteiger partial charge is 0.493 e. The minimum atomic E-state index is -0.00498. The van der Waals surface area contributed by atoms with E-state index in [0.29, 0.717) is 23.1 Å². The van der Waals surface area contributed by atoms with Crippen LogP contribution in [0.1, 0.15) is 24.8 Å². The molecule has 2 heterocycles. The van der Waals surface area contributed by atoms with Gasteiger partial charge in [-0.2, -0.15) is 5.26 Å². The summed E-state index contributed by atoms with van der Waals surface area (Å²) in [6, 6.07) is 7.50. The lowest BCUT2D eigenvalue weighted by atomic mass is 9.99. The predicted molar refractivity (Wildman–Crippen MR) is 89.0 cm³/mol. The fourth-order valence-electron chi connectivity index (χ4n) is 3.47. The van der Waals surface area contributed by atoms with Crippen LogP contribution in [0.4, 0.5) is 0 Å². The van der Waals surface area contributed by atoms with Gasteiger partial charge in [-0.05, 0) is 31.5 Å². The molecule has 3 rings (SSSR count). The van der Waals surface area contributed by atoms with Crippen LogP contribution in [0.15, 0.2) is 18.2 Å². The fourth-order valence-corrected chi connectivity index (χ4v) is 3.47. The number of piperidine rings is 1. The van der Waals surface area contributed by atoms with E-state index in [1.54, 1.807) is 18.2 Å². The summed E-state index contributed by atoms with van der Waals surface area (Å²) >= 11 is 0. The number of fused-ring (bicyclic) bond motifs is 1. The molecule has 128 valence electrons. The van der Waals surface area contributed by atoms with Crippen molar-refractivity contribution < 1.29 is 14.3 Å². The molecule has 24 heavy (non-hydrogen) atoms. The second kappa shape index (κ2) is 7.54. The van der Waals surface area contributed by atoms with Crippen molar-refractivity contribution >= 4 is 5.91 Å². The number of hydrogen-bond acceptors (Lipinski definition) is 5. The number of carbonyl (C=O) groups excluding carboxylic acids is 1. The average molecular weight is 329 g/mol. The molecular weight excluding hydrogens is 306 g/mol. The van der Waals surface area contributed by atoms with Crippen LogP contribution in [-0.4, -0.2) is 61.6 Å². The molecule has 2 fully saturated rings. The lowest BCUT2D eigenvalue weighted by molar-refractivity contribution is -0.136. The maximum Gasteiger partial charge on any atom is 0.260 e. The Morgan fingerprint density at radius 1 is 1.29 bits per heavy atom. The first-order valence-electron chi connectivity index (χ1n) is 8.44. The van der Waals surface area contributed by atoms with Crippen molar-refractivity contribution in [1.82, 2.24) is 9.80 Å². The van der Waals surface area contributed by atoms with Gasteiger partial charge in [0.15, 0.2) is 18.1 Å². The molecular formula is C18H23N3O3. The first-order valence-corrected chi connectivity index (χ1v) is 8.44. The second-order valence-electron chi connectivity index (χ2n) is 6.29. The van der Waals surface area contributed by atoms with Gasteiger partial charge in [-0.15, -0.1) is 0 Å². The molecule has 0 N–H and O–H groups in total. The Kier molecular flexibility index (Phi) is 5.21. The Morgan fingerprint density at radius 2 is 2.17 bits per heavy atom. The summed E-state index contributed by atoms with van der Waals surface area (Å²) in [4.78, 5) is 16.9. The van der Waals surface area contributed by atoms with Crippen LogP contribution in [0.25, 0.3) is 0 Å². The van der Waals surface area contributed by atoms with E-state index in [-0.39, 0.29) is 12.5 Å². The van der Waals surface area contributed by atoms with Crippen molar-refractivity contribution in [3.63, 3.8) is 0 Å². The van der Waals surface area contributed by atoms with E-state index >= 15 is 0 Å². The molecule has 1 aromatic carbocycles. The van der Waals surface area contributed by atoms with Crippen LogP contribution in [0.2, 0.25) is 0 Å². The molecule has 2 saturated heterocycles. The normalized spacial score (nSPS) is 20.8. The van der Waals surface area contributed by atoms with Gasteiger partial charge in [0.25, 0.3) is 5.91 Å². The van der Waals surface area contributed by atoms with Crippen molar-refractivity contribution in [3.8, 4) is 17.6 Å². The summed E-state index contributed by atoms with van der Waals surface area (Å²) in [6.07, 6.45) is 3.70. The van der Waals surface area contributed by atoms with Gasteiger partial charge in [-0.1, -0.05) is 6.42 Å². The highest BCUT2D eigenvalue weighted by Gasteiger charge is 2.31. The second-order valence-corrected chi connectivity index (χ2v) is 6.29. The Bertz CT molecular complexity index is 641. The van der Waals surface area contributed by atoms with Crippen LogP contribution in [0, 0.1) is 11.3 Å². The molecule has 2 aliphatic rings. The zero-order valence-electron chi connectivity index (χ0n) is 14.0. The molecule has 1 amide bonds. The highest BCUT2D eigenvalue weighted by molar-refractivity contribution is 5.78. The average Bonchev–Trinajstić information content (AvgIpc) is 2.65. The van der Waals surface area contributed by atoms with Gasteiger partial charge in [0, 0.05) is 31.7 Å². The summed E-state index contributed by atoms with van der Waals surface area (Å²) in [5, 5.41) is 8.92. The van der Waals surface area contributed by atoms with E-state index < -0.39 is 0 Å². The number of hydrogen-bond donors (Lipinski definition) is 0. The first-order chi connectivity index (χ1) is 11.7. The third-order valence-corrected chi connectivity index (χ3v) is 4.83. The topological polar surface area (TPSA) is 65.8 Å². The Labute approximate surface area is 142 Å². The summed E-state index contributed by atoms with van der Waals surface area (Å²) in [6.45, 7) is 3.67. The highest BCUT2D eigenvalue weighted by Crippen LogP contribution is 2.28. The van der Waals surface area contributed by atoms with E-state index in [4.69, 9.17) is 14.7 Å². The molecule has 1 aromatic rings. The molecule has 1 atom stereocenters. The van der Waals surface area contributed by atoms with Crippen molar-refractivity contribution in [2.75, 3.05) is 39.9 Å². The molecule has 6 nitrogen and oxygen atoms in total. The van der Waals surface area contributed by atoms with Crippen molar-refractivity contribution in [3.05, 3.63) is 23.8 Å². The number of rotatable bonds is 4. The lowest BCUT2D eigenvalue weighted by Gasteiger charge is -2.43.